The molecule has 0 saturated heterocycles. The lowest BCUT2D eigenvalue weighted by Gasteiger charge is -2.36. The summed E-state index contributed by atoms with van der Waals surface area (Å²) in [5, 5.41) is 0. The van der Waals surface area contributed by atoms with Crippen molar-refractivity contribution in [2.24, 2.45) is 5.41 Å². The largest absolute Gasteiger partial charge is 0.126 e. The number of thioether (sulfide) groups is 1. The molecule has 2 aliphatic rings. The Morgan fingerprint density at radius 2 is 1.79 bits per heavy atom. The van der Waals surface area contributed by atoms with E-state index in [2.05, 4.69) is 56.8 Å². The Morgan fingerprint density at radius 1 is 1.05 bits per heavy atom. The zero-order chi connectivity index (χ0) is 13.5. The summed E-state index contributed by atoms with van der Waals surface area (Å²) in [4.78, 5) is 1.71. The molecule has 1 heterocycles. The third-order valence-electron chi connectivity index (χ3n) is 4.44. The summed E-state index contributed by atoms with van der Waals surface area (Å²) in [6.07, 6.45) is 5.41. The van der Waals surface area contributed by atoms with Gasteiger partial charge < -0.3 is 0 Å². The van der Waals surface area contributed by atoms with Gasteiger partial charge in [-0.05, 0) is 47.1 Å². The average Bonchev–Trinajstić information content (AvgIpc) is 2.54. The lowest BCUT2D eigenvalue weighted by atomic mass is 9.69. The molecule has 1 aliphatic carbocycles. The minimum atomic E-state index is 0.318. The molecular weight excluding hydrogens is 248 g/mol. The van der Waals surface area contributed by atoms with Gasteiger partial charge in [-0.2, -0.15) is 0 Å². The van der Waals surface area contributed by atoms with Crippen LogP contribution in [0, 0.1) is 5.41 Å². The molecule has 1 atom stereocenters. The van der Waals surface area contributed by atoms with Crippen molar-refractivity contribution < 1.29 is 0 Å². The molecule has 0 bridgehead atoms. The second-order valence-corrected chi connectivity index (χ2v) is 8.01. The van der Waals surface area contributed by atoms with E-state index in [1.807, 2.05) is 0 Å². The van der Waals surface area contributed by atoms with Crippen molar-refractivity contribution in [3.63, 3.8) is 0 Å². The molecule has 0 fully saturated rings. The van der Waals surface area contributed by atoms with Gasteiger partial charge in [0.05, 0.1) is 0 Å². The van der Waals surface area contributed by atoms with Crippen LogP contribution in [0.4, 0.5) is 0 Å². The Bertz CT molecular complexity index is 505. The fourth-order valence-electron chi connectivity index (χ4n) is 3.66. The quantitative estimate of drug-likeness (QED) is 0.567. The van der Waals surface area contributed by atoms with Crippen LogP contribution in [-0.4, -0.2) is 0 Å². The van der Waals surface area contributed by atoms with Crippen LogP contribution in [0.1, 0.15) is 63.5 Å². The monoisotopic (exact) mass is 272 g/mol. The molecule has 0 aromatic heterocycles. The Hall–Kier alpha value is -0.690. The van der Waals surface area contributed by atoms with E-state index in [1.54, 1.807) is 21.6 Å². The predicted octanol–water partition coefficient (Wildman–Crippen LogP) is 5.89. The van der Waals surface area contributed by atoms with E-state index in [1.165, 1.54) is 31.4 Å². The van der Waals surface area contributed by atoms with E-state index in [4.69, 9.17) is 0 Å². The SMILES string of the molecule is CC(C)(C)C1C2=C(CCCC2)SCc2ccccc21. The molecule has 1 aromatic carbocycles. The molecule has 0 saturated carbocycles. The summed E-state index contributed by atoms with van der Waals surface area (Å²) >= 11 is 2.11. The van der Waals surface area contributed by atoms with Crippen LogP contribution in [0.2, 0.25) is 0 Å². The first-order valence-corrected chi connectivity index (χ1v) is 8.48. The van der Waals surface area contributed by atoms with Crippen molar-refractivity contribution in [1.29, 1.82) is 0 Å². The molecule has 3 rings (SSSR count). The van der Waals surface area contributed by atoms with Gasteiger partial charge in [0, 0.05) is 11.7 Å². The van der Waals surface area contributed by atoms with Gasteiger partial charge in [0.2, 0.25) is 0 Å². The van der Waals surface area contributed by atoms with Crippen LogP contribution in [0.5, 0.6) is 0 Å². The summed E-state index contributed by atoms with van der Waals surface area (Å²) in [7, 11) is 0. The maximum atomic E-state index is 2.41. The second kappa shape index (κ2) is 5.01. The lowest BCUT2D eigenvalue weighted by molar-refractivity contribution is 0.342. The first-order valence-electron chi connectivity index (χ1n) is 7.50. The summed E-state index contributed by atoms with van der Waals surface area (Å²) in [6, 6.07) is 9.12. The van der Waals surface area contributed by atoms with Gasteiger partial charge in [0.25, 0.3) is 0 Å². The van der Waals surface area contributed by atoms with Crippen LogP contribution in [0.25, 0.3) is 0 Å². The molecule has 1 aliphatic heterocycles. The maximum absolute atomic E-state index is 2.41. The number of hydrogen-bond donors (Lipinski definition) is 0. The number of fused-ring (bicyclic) bond motifs is 1. The molecule has 0 radical (unpaired) electrons. The number of allylic oxidation sites excluding steroid dienone is 2. The molecule has 1 heteroatoms. The van der Waals surface area contributed by atoms with Gasteiger partial charge in [0.15, 0.2) is 0 Å². The van der Waals surface area contributed by atoms with Crippen molar-refractivity contribution in [3.05, 3.63) is 45.9 Å². The van der Waals surface area contributed by atoms with Crippen LogP contribution in [0.15, 0.2) is 34.7 Å². The van der Waals surface area contributed by atoms with Crippen LogP contribution < -0.4 is 0 Å². The van der Waals surface area contributed by atoms with Crippen molar-refractivity contribution in [2.45, 2.75) is 58.1 Å². The summed E-state index contributed by atoms with van der Waals surface area (Å²) < 4.78 is 0. The fraction of sp³-hybridized carbons (Fsp3) is 0.556. The van der Waals surface area contributed by atoms with Gasteiger partial charge in [-0.1, -0.05) is 50.6 Å². The standard InChI is InChI=1S/C18H24S/c1-18(2,3)17-14-9-5-4-8-13(14)12-19-16-11-7-6-10-15(16)17/h4-5,8-9,17H,6-7,10-12H2,1-3H3. The Kier molecular flexibility index (Phi) is 3.51. The number of benzene rings is 1. The molecule has 102 valence electrons. The van der Waals surface area contributed by atoms with Gasteiger partial charge in [-0.25, -0.2) is 0 Å². The molecule has 1 unspecified atom stereocenters. The van der Waals surface area contributed by atoms with Crippen molar-refractivity contribution in [1.82, 2.24) is 0 Å². The highest BCUT2D eigenvalue weighted by atomic mass is 32.2. The Balaban J connectivity index is 2.15. The highest BCUT2D eigenvalue weighted by Gasteiger charge is 2.35. The number of rotatable bonds is 0. The topological polar surface area (TPSA) is 0 Å². The lowest BCUT2D eigenvalue weighted by Crippen LogP contribution is -2.22. The van der Waals surface area contributed by atoms with Gasteiger partial charge >= 0.3 is 0 Å². The highest BCUT2D eigenvalue weighted by Crippen LogP contribution is 2.51. The van der Waals surface area contributed by atoms with E-state index in [9.17, 15) is 0 Å². The van der Waals surface area contributed by atoms with Crippen LogP contribution >= 0.6 is 11.8 Å². The fourth-order valence-corrected chi connectivity index (χ4v) is 4.95. The second-order valence-electron chi connectivity index (χ2n) is 6.94. The smallest absolute Gasteiger partial charge is 0.0231 e. The third kappa shape index (κ3) is 2.50. The Labute approximate surface area is 121 Å². The molecule has 0 N–H and O–H groups in total. The first kappa shape index (κ1) is 13.3. The van der Waals surface area contributed by atoms with E-state index >= 15 is 0 Å². The van der Waals surface area contributed by atoms with Crippen molar-refractivity contribution >= 4 is 11.8 Å². The van der Waals surface area contributed by atoms with Crippen molar-refractivity contribution in [2.75, 3.05) is 0 Å². The van der Waals surface area contributed by atoms with E-state index in [0.29, 0.717) is 11.3 Å². The molecule has 1 aromatic rings. The molecule has 0 amide bonds. The van der Waals surface area contributed by atoms with E-state index in [0.717, 1.165) is 0 Å². The summed E-state index contributed by atoms with van der Waals surface area (Å²) in [5.74, 6) is 1.79. The van der Waals surface area contributed by atoms with E-state index < -0.39 is 0 Å². The average molecular weight is 272 g/mol. The van der Waals surface area contributed by atoms with Crippen LogP contribution in [0.3, 0.4) is 0 Å². The van der Waals surface area contributed by atoms with Gasteiger partial charge in [-0.3, -0.25) is 0 Å². The molecular formula is C18H24S. The molecule has 0 nitrogen and oxygen atoms in total. The normalized spacial score (nSPS) is 23.6. The predicted molar refractivity (Wildman–Crippen MR) is 85.4 cm³/mol. The first-order chi connectivity index (χ1) is 9.07. The molecule has 0 spiro atoms. The maximum Gasteiger partial charge on any atom is 0.0231 e. The highest BCUT2D eigenvalue weighted by molar-refractivity contribution is 8.02. The summed E-state index contributed by atoms with van der Waals surface area (Å²) in [5.41, 5.74) is 5.23. The van der Waals surface area contributed by atoms with Crippen molar-refractivity contribution in [3.8, 4) is 0 Å². The van der Waals surface area contributed by atoms with E-state index in [-0.39, 0.29) is 0 Å². The molecule has 19 heavy (non-hydrogen) atoms. The van der Waals surface area contributed by atoms with Gasteiger partial charge in [-0.15, -0.1) is 11.8 Å². The summed E-state index contributed by atoms with van der Waals surface area (Å²) in [6.45, 7) is 7.22. The minimum absolute atomic E-state index is 0.318. The zero-order valence-electron chi connectivity index (χ0n) is 12.3. The number of hydrogen-bond acceptors (Lipinski definition) is 1. The zero-order valence-corrected chi connectivity index (χ0v) is 13.1. The Morgan fingerprint density at radius 3 is 2.58 bits per heavy atom. The van der Waals surface area contributed by atoms with Crippen LogP contribution in [-0.2, 0) is 5.75 Å². The van der Waals surface area contributed by atoms with Gasteiger partial charge in [0.1, 0.15) is 0 Å². The minimum Gasteiger partial charge on any atom is -0.126 e. The third-order valence-corrected chi connectivity index (χ3v) is 5.71.